The topological polar surface area (TPSA) is 146 Å². The fourth-order valence-corrected chi connectivity index (χ4v) is 3.60. The van der Waals surface area contributed by atoms with Crippen LogP contribution in [0.2, 0.25) is 0 Å². The van der Waals surface area contributed by atoms with Crippen LogP contribution in [0.4, 0.5) is 15.4 Å². The summed E-state index contributed by atoms with van der Waals surface area (Å²) in [7, 11) is 8.15. The summed E-state index contributed by atoms with van der Waals surface area (Å²) >= 11 is 3.14. The van der Waals surface area contributed by atoms with Crippen LogP contribution in [0.5, 0.6) is 0 Å². The van der Waals surface area contributed by atoms with Crippen LogP contribution in [0.3, 0.4) is 0 Å². The molecule has 226 valence electrons. The number of nitrogens with one attached hydrogen (secondary N) is 2. The summed E-state index contributed by atoms with van der Waals surface area (Å²) < 4.78 is 9.75. The second kappa shape index (κ2) is 19.3. The Kier molecular flexibility index (Phi) is 16.6. The SMILES string of the molecule is CCCCNC.CN1CCNC1=O.COC(=O)c1ccnc(Br)c1.COC(=O)c1ccnc(N2CCN(C)C2=O)c1. The van der Waals surface area contributed by atoms with E-state index in [1.807, 2.05) is 7.05 Å². The van der Waals surface area contributed by atoms with Gasteiger partial charge in [-0.25, -0.2) is 29.1 Å². The van der Waals surface area contributed by atoms with Crippen molar-refractivity contribution in [1.29, 1.82) is 0 Å². The lowest BCUT2D eigenvalue weighted by atomic mass is 10.2. The summed E-state index contributed by atoms with van der Waals surface area (Å²) in [4.78, 5) is 57.1. The maximum absolute atomic E-state index is 11.8. The van der Waals surface area contributed by atoms with E-state index in [4.69, 9.17) is 0 Å². The van der Waals surface area contributed by atoms with E-state index in [0.29, 0.717) is 34.6 Å². The number of hydrogen-bond donors (Lipinski definition) is 2. The Morgan fingerprint density at radius 1 is 0.976 bits per heavy atom. The molecule has 13 nitrogen and oxygen atoms in total. The van der Waals surface area contributed by atoms with Crippen LogP contribution in [-0.4, -0.2) is 112 Å². The van der Waals surface area contributed by atoms with Crippen LogP contribution in [0.1, 0.15) is 40.5 Å². The number of carbonyl (C=O) groups excluding carboxylic acids is 4. The molecule has 4 rings (SSSR count). The van der Waals surface area contributed by atoms with Crippen molar-refractivity contribution in [3.8, 4) is 0 Å². The molecule has 41 heavy (non-hydrogen) atoms. The number of methoxy groups -OCH3 is 2. The van der Waals surface area contributed by atoms with Gasteiger partial charge in [-0.2, -0.15) is 0 Å². The maximum Gasteiger partial charge on any atom is 0.338 e. The van der Waals surface area contributed by atoms with Crippen LogP contribution in [0.25, 0.3) is 0 Å². The molecule has 0 atom stereocenters. The van der Waals surface area contributed by atoms with E-state index in [0.717, 1.165) is 19.6 Å². The third-order valence-electron chi connectivity index (χ3n) is 5.66. The molecule has 2 fully saturated rings. The molecule has 14 heteroatoms. The van der Waals surface area contributed by atoms with Crippen molar-refractivity contribution in [3.05, 3.63) is 52.4 Å². The summed E-state index contributed by atoms with van der Waals surface area (Å²) in [5.41, 5.74) is 0.884. The number of amides is 4. The lowest BCUT2D eigenvalue weighted by molar-refractivity contribution is 0.0591. The van der Waals surface area contributed by atoms with E-state index in [1.54, 1.807) is 48.2 Å². The Morgan fingerprint density at radius 2 is 1.59 bits per heavy atom. The lowest BCUT2D eigenvalue weighted by Gasteiger charge is -2.15. The van der Waals surface area contributed by atoms with Crippen LogP contribution in [0.15, 0.2) is 41.3 Å². The molecule has 2 N–H and O–H groups in total. The highest BCUT2D eigenvalue weighted by Crippen LogP contribution is 2.18. The van der Waals surface area contributed by atoms with Gasteiger partial charge in [-0.3, -0.25) is 4.90 Å². The number of anilines is 1. The minimum absolute atomic E-state index is 0.0417. The first-order valence-corrected chi connectivity index (χ1v) is 13.8. The van der Waals surface area contributed by atoms with Crippen LogP contribution < -0.4 is 15.5 Å². The van der Waals surface area contributed by atoms with Gasteiger partial charge in [-0.1, -0.05) is 13.3 Å². The van der Waals surface area contributed by atoms with E-state index < -0.39 is 5.97 Å². The van der Waals surface area contributed by atoms with Crippen molar-refractivity contribution in [2.45, 2.75) is 19.8 Å². The molecule has 0 unspecified atom stereocenters. The lowest BCUT2D eigenvalue weighted by Crippen LogP contribution is -2.29. The van der Waals surface area contributed by atoms with Gasteiger partial charge < -0.3 is 29.9 Å². The van der Waals surface area contributed by atoms with E-state index in [2.05, 4.69) is 52.9 Å². The Hall–Kier alpha value is -3.78. The third kappa shape index (κ3) is 12.5. The molecule has 2 saturated heterocycles. The summed E-state index contributed by atoms with van der Waals surface area (Å²) in [5, 5.41) is 5.72. The molecule has 2 aliphatic heterocycles. The Labute approximate surface area is 249 Å². The highest BCUT2D eigenvalue weighted by atomic mass is 79.9. The number of urea groups is 2. The van der Waals surface area contributed by atoms with Crippen molar-refractivity contribution in [1.82, 2.24) is 30.4 Å². The Balaban J connectivity index is 0.000000300. The number of carbonyl (C=O) groups is 4. The molecule has 0 radical (unpaired) electrons. The summed E-state index contributed by atoms with van der Waals surface area (Å²) in [6.45, 7) is 6.23. The van der Waals surface area contributed by atoms with Gasteiger partial charge in [0, 0.05) is 52.7 Å². The van der Waals surface area contributed by atoms with Crippen LogP contribution >= 0.6 is 15.9 Å². The van der Waals surface area contributed by atoms with Gasteiger partial charge >= 0.3 is 24.0 Å². The zero-order chi connectivity index (χ0) is 30.8. The molecular weight excluding hydrogens is 598 g/mol. The average molecular weight is 639 g/mol. The number of ether oxygens (including phenoxy) is 2. The Morgan fingerprint density at radius 3 is 1.98 bits per heavy atom. The van der Waals surface area contributed by atoms with E-state index >= 15 is 0 Å². The number of likely N-dealkylation sites (N-methyl/N-ethyl adjacent to an activating group) is 2. The fraction of sp³-hybridized carbons (Fsp3) is 0.481. The predicted molar refractivity (Wildman–Crippen MR) is 159 cm³/mol. The van der Waals surface area contributed by atoms with Crippen molar-refractivity contribution in [2.75, 3.05) is 73.0 Å². The number of rotatable bonds is 6. The molecule has 4 heterocycles. The molecular formula is C27H40BrN7O6. The zero-order valence-corrected chi connectivity index (χ0v) is 26.1. The zero-order valence-electron chi connectivity index (χ0n) is 24.5. The molecule has 4 amide bonds. The molecule has 0 saturated carbocycles. The second-order valence-electron chi connectivity index (χ2n) is 8.72. The normalized spacial score (nSPS) is 13.6. The van der Waals surface area contributed by atoms with E-state index in [9.17, 15) is 19.2 Å². The van der Waals surface area contributed by atoms with Crippen LogP contribution in [-0.2, 0) is 9.47 Å². The first-order valence-electron chi connectivity index (χ1n) is 13.0. The van der Waals surface area contributed by atoms with Crippen molar-refractivity contribution in [3.63, 3.8) is 0 Å². The first kappa shape index (κ1) is 35.2. The number of pyridine rings is 2. The first-order chi connectivity index (χ1) is 19.6. The smallest absolute Gasteiger partial charge is 0.338 e. The van der Waals surface area contributed by atoms with E-state index in [-0.39, 0.29) is 18.0 Å². The highest BCUT2D eigenvalue weighted by Gasteiger charge is 2.27. The van der Waals surface area contributed by atoms with E-state index in [1.165, 1.54) is 44.4 Å². The number of hydrogen-bond acceptors (Lipinski definition) is 9. The average Bonchev–Trinajstić information content (AvgIpc) is 3.54. The molecule has 2 aromatic rings. The minimum atomic E-state index is -0.436. The standard InChI is InChI=1S/C11H13N3O3.C7H6BrNO2.C5H13N.C4H8N2O/c1-13-5-6-14(11(13)16)9-7-8(3-4-12-9)10(15)17-2;1-11-7(10)5-2-3-9-6(8)4-5;1-3-4-5-6-2;1-6-3-2-5-4(6)7/h3-4,7H,5-6H2,1-2H3;2-4H,1H3;6H,3-5H2,1-2H3;2-3H2,1H3,(H,5,7). The van der Waals surface area contributed by atoms with Crippen molar-refractivity contribution < 1.29 is 28.7 Å². The monoisotopic (exact) mass is 637 g/mol. The second-order valence-corrected chi connectivity index (χ2v) is 9.53. The van der Waals surface area contributed by atoms with Gasteiger partial charge in [0.1, 0.15) is 10.4 Å². The van der Waals surface area contributed by atoms with Crippen molar-refractivity contribution in [2.24, 2.45) is 0 Å². The third-order valence-corrected chi connectivity index (χ3v) is 6.09. The number of unbranched alkanes of at least 4 members (excludes halogenated alkanes) is 1. The Bertz CT molecular complexity index is 1130. The van der Waals surface area contributed by atoms with Gasteiger partial charge in [0.05, 0.1) is 25.3 Å². The molecule has 0 aromatic carbocycles. The molecule has 0 bridgehead atoms. The minimum Gasteiger partial charge on any atom is -0.465 e. The van der Waals surface area contributed by atoms with Gasteiger partial charge in [-0.05, 0) is 60.2 Å². The highest BCUT2D eigenvalue weighted by molar-refractivity contribution is 9.10. The quantitative estimate of drug-likeness (QED) is 0.277. The van der Waals surface area contributed by atoms with Gasteiger partial charge in [-0.15, -0.1) is 0 Å². The largest absolute Gasteiger partial charge is 0.465 e. The molecule has 2 aliphatic rings. The fourth-order valence-electron chi connectivity index (χ4n) is 3.24. The maximum atomic E-state index is 11.8. The number of aromatic nitrogens is 2. The number of esters is 2. The summed E-state index contributed by atoms with van der Waals surface area (Å²) in [6, 6.07) is 6.24. The summed E-state index contributed by atoms with van der Waals surface area (Å²) in [6.07, 6.45) is 5.63. The number of halogens is 1. The number of nitrogens with zero attached hydrogens (tertiary/aromatic N) is 5. The van der Waals surface area contributed by atoms with Gasteiger partial charge in [0.2, 0.25) is 0 Å². The van der Waals surface area contributed by atoms with Gasteiger partial charge in [0.25, 0.3) is 0 Å². The van der Waals surface area contributed by atoms with Crippen LogP contribution in [0, 0.1) is 0 Å². The van der Waals surface area contributed by atoms with Gasteiger partial charge in [0.15, 0.2) is 0 Å². The molecule has 0 spiro atoms. The van der Waals surface area contributed by atoms with Crippen molar-refractivity contribution >= 4 is 45.7 Å². The molecule has 2 aromatic heterocycles. The molecule has 0 aliphatic carbocycles. The summed E-state index contributed by atoms with van der Waals surface area (Å²) in [5.74, 6) is -0.316. The predicted octanol–water partition coefficient (Wildman–Crippen LogP) is 3.02.